The predicted octanol–water partition coefficient (Wildman–Crippen LogP) is 1.40. The minimum Gasteiger partial charge on any atom is -0.312 e. The van der Waals surface area contributed by atoms with E-state index in [4.69, 9.17) is 0 Å². The molecule has 0 aromatic carbocycles. The van der Waals surface area contributed by atoms with Crippen LogP contribution in [-0.4, -0.2) is 15.0 Å². The molecule has 0 saturated heterocycles. The zero-order chi connectivity index (χ0) is 10.3. The van der Waals surface area contributed by atoms with E-state index >= 15 is 0 Å². The third-order valence-corrected chi connectivity index (χ3v) is 2.53. The van der Waals surface area contributed by atoms with E-state index in [0.29, 0.717) is 0 Å². The summed E-state index contributed by atoms with van der Waals surface area (Å²) in [5.41, 5.74) is -0.783. The van der Waals surface area contributed by atoms with Crippen LogP contribution in [0.1, 0.15) is 5.01 Å². The highest BCUT2D eigenvalue weighted by atomic mass is 32.1. The van der Waals surface area contributed by atoms with Crippen molar-refractivity contribution in [2.75, 3.05) is 0 Å². The predicted molar refractivity (Wildman–Crippen MR) is 43.0 cm³/mol. The first kappa shape index (κ1) is 9.13. The number of rotatable bonds is 0. The molecule has 0 radical (unpaired) electrons. The molecule has 0 aliphatic rings. The Bertz CT molecular complexity index is 529. The second-order valence-electron chi connectivity index (χ2n) is 2.40. The van der Waals surface area contributed by atoms with Crippen LogP contribution in [0.4, 0.5) is 13.2 Å². The lowest BCUT2D eigenvalue weighted by Crippen LogP contribution is -2.03. The fourth-order valence-electron chi connectivity index (χ4n) is 0.886. The van der Waals surface area contributed by atoms with Gasteiger partial charge in [-0.3, -0.25) is 4.79 Å². The van der Waals surface area contributed by atoms with Gasteiger partial charge in [-0.1, -0.05) is 0 Å². The van der Waals surface area contributed by atoms with Gasteiger partial charge in [-0.05, 0) is 0 Å². The lowest BCUT2D eigenvalue weighted by molar-refractivity contribution is -0.137. The summed E-state index contributed by atoms with van der Waals surface area (Å²) in [5, 5.41) is -1.06. The topological polar surface area (TPSA) is 58.6 Å². The van der Waals surface area contributed by atoms with Gasteiger partial charge in [0.25, 0.3) is 5.56 Å². The highest BCUT2D eigenvalue weighted by Gasteiger charge is 2.35. The van der Waals surface area contributed by atoms with Gasteiger partial charge in [0.05, 0.1) is 6.33 Å². The summed E-state index contributed by atoms with van der Waals surface area (Å²) in [4.78, 5) is 19.9. The lowest BCUT2D eigenvalue weighted by atomic mass is 10.6. The molecule has 2 aromatic rings. The molecule has 0 amide bonds. The van der Waals surface area contributed by atoms with Gasteiger partial charge in [0.2, 0.25) is 5.01 Å². The SMILES string of the molecule is O=c1[nH]cnc2nc(C(F)(F)F)sc12. The van der Waals surface area contributed by atoms with Crippen LogP contribution >= 0.6 is 11.3 Å². The summed E-state index contributed by atoms with van der Waals surface area (Å²) in [6.07, 6.45) is -3.51. The van der Waals surface area contributed by atoms with Gasteiger partial charge in [0.1, 0.15) is 4.70 Å². The highest BCUT2D eigenvalue weighted by molar-refractivity contribution is 7.18. The Morgan fingerprint density at radius 1 is 1.43 bits per heavy atom. The largest absolute Gasteiger partial charge is 0.443 e. The molecule has 14 heavy (non-hydrogen) atoms. The van der Waals surface area contributed by atoms with Gasteiger partial charge in [0, 0.05) is 0 Å². The minimum absolute atomic E-state index is 0.111. The van der Waals surface area contributed by atoms with Crippen LogP contribution in [0.15, 0.2) is 11.1 Å². The molecule has 4 nitrogen and oxygen atoms in total. The van der Waals surface area contributed by atoms with E-state index in [-0.39, 0.29) is 21.7 Å². The van der Waals surface area contributed by atoms with Gasteiger partial charge >= 0.3 is 6.18 Å². The van der Waals surface area contributed by atoms with Crippen molar-refractivity contribution in [2.24, 2.45) is 0 Å². The van der Waals surface area contributed by atoms with Gasteiger partial charge in [0.15, 0.2) is 5.65 Å². The number of nitrogens with one attached hydrogen (secondary N) is 1. The van der Waals surface area contributed by atoms with E-state index in [2.05, 4.69) is 15.0 Å². The Balaban J connectivity index is 2.75. The van der Waals surface area contributed by atoms with Gasteiger partial charge < -0.3 is 4.98 Å². The quantitative estimate of drug-likeness (QED) is 0.731. The molecule has 2 rings (SSSR count). The number of alkyl halides is 3. The van der Waals surface area contributed by atoms with Gasteiger partial charge in [-0.25, -0.2) is 9.97 Å². The Labute approximate surface area is 78.4 Å². The molecule has 0 unspecified atom stereocenters. The second-order valence-corrected chi connectivity index (χ2v) is 3.40. The van der Waals surface area contributed by atoms with E-state index in [1.807, 2.05) is 0 Å². The normalized spacial score (nSPS) is 12.2. The van der Waals surface area contributed by atoms with Gasteiger partial charge in [-0.15, -0.1) is 11.3 Å². The number of aromatic nitrogens is 3. The second kappa shape index (κ2) is 2.77. The van der Waals surface area contributed by atoms with Crippen molar-refractivity contribution in [2.45, 2.75) is 6.18 Å². The minimum atomic E-state index is -4.53. The van der Waals surface area contributed by atoms with Crippen molar-refractivity contribution < 1.29 is 13.2 Å². The molecule has 0 aliphatic carbocycles. The summed E-state index contributed by atoms with van der Waals surface area (Å²) >= 11 is 0.288. The van der Waals surface area contributed by atoms with Crippen LogP contribution in [0.5, 0.6) is 0 Å². The number of thiazole rings is 1. The fourth-order valence-corrected chi connectivity index (χ4v) is 1.67. The zero-order valence-corrected chi connectivity index (χ0v) is 7.24. The number of hydrogen-bond acceptors (Lipinski definition) is 4. The molecule has 0 bridgehead atoms. The molecule has 2 aromatic heterocycles. The maximum Gasteiger partial charge on any atom is 0.443 e. The maximum absolute atomic E-state index is 12.2. The first-order chi connectivity index (χ1) is 6.48. The molecule has 0 saturated carbocycles. The van der Waals surface area contributed by atoms with Gasteiger partial charge in [-0.2, -0.15) is 13.2 Å². The summed E-state index contributed by atoms with van der Waals surface area (Å²) in [7, 11) is 0. The molecule has 0 spiro atoms. The van der Waals surface area contributed by atoms with Crippen molar-refractivity contribution in [3.05, 3.63) is 21.7 Å². The average molecular weight is 221 g/mol. The average Bonchev–Trinajstić information content (AvgIpc) is 2.48. The summed E-state index contributed by atoms with van der Waals surface area (Å²) in [5.74, 6) is 0. The molecule has 0 aliphatic heterocycles. The number of fused-ring (bicyclic) bond motifs is 1. The Kier molecular flexibility index (Phi) is 1.81. The maximum atomic E-state index is 12.2. The third-order valence-electron chi connectivity index (χ3n) is 1.44. The molecule has 2 heterocycles. The first-order valence-corrected chi connectivity index (χ1v) is 4.21. The van der Waals surface area contributed by atoms with Crippen LogP contribution in [0.2, 0.25) is 0 Å². The van der Waals surface area contributed by atoms with Crippen LogP contribution < -0.4 is 5.56 Å². The molecule has 1 N–H and O–H groups in total. The fraction of sp³-hybridized carbons (Fsp3) is 0.167. The first-order valence-electron chi connectivity index (χ1n) is 3.40. The molecule has 8 heteroatoms. The van der Waals surface area contributed by atoms with E-state index < -0.39 is 16.7 Å². The summed E-state index contributed by atoms with van der Waals surface area (Å²) < 4.78 is 36.4. The highest BCUT2D eigenvalue weighted by Crippen LogP contribution is 2.33. The molecule has 0 atom stereocenters. The molecular weight excluding hydrogens is 219 g/mol. The van der Waals surface area contributed by atoms with Crippen LogP contribution in [0.3, 0.4) is 0 Å². The third kappa shape index (κ3) is 1.37. The Morgan fingerprint density at radius 3 is 2.71 bits per heavy atom. The van der Waals surface area contributed by atoms with E-state index in [0.717, 1.165) is 6.33 Å². The van der Waals surface area contributed by atoms with Crippen LogP contribution in [0.25, 0.3) is 10.3 Å². The van der Waals surface area contributed by atoms with Crippen molar-refractivity contribution in [3.63, 3.8) is 0 Å². The van der Waals surface area contributed by atoms with Crippen molar-refractivity contribution in [1.29, 1.82) is 0 Å². The van der Waals surface area contributed by atoms with Crippen molar-refractivity contribution in [1.82, 2.24) is 15.0 Å². The number of nitrogens with zero attached hydrogens (tertiary/aromatic N) is 2. The summed E-state index contributed by atoms with van der Waals surface area (Å²) in [6.45, 7) is 0. The number of halogens is 3. The molecular formula is C6H2F3N3OS. The summed E-state index contributed by atoms with van der Waals surface area (Å²) in [6, 6.07) is 0. The molecule has 0 fully saturated rings. The standard InChI is InChI=1S/C6H2F3N3OS/c7-6(8,9)5-12-3-2(14-5)4(13)11-1-10-3/h1H,(H,10,11,13). The Hall–Kier alpha value is -1.44. The van der Waals surface area contributed by atoms with E-state index in [1.54, 1.807) is 0 Å². The van der Waals surface area contributed by atoms with Crippen molar-refractivity contribution >= 4 is 21.7 Å². The zero-order valence-electron chi connectivity index (χ0n) is 6.42. The molecule has 74 valence electrons. The monoisotopic (exact) mass is 221 g/mol. The van der Waals surface area contributed by atoms with E-state index in [9.17, 15) is 18.0 Å². The number of hydrogen-bond donors (Lipinski definition) is 1. The number of aromatic amines is 1. The lowest BCUT2D eigenvalue weighted by Gasteiger charge is -1.97. The van der Waals surface area contributed by atoms with E-state index in [1.165, 1.54) is 0 Å². The van der Waals surface area contributed by atoms with Crippen molar-refractivity contribution in [3.8, 4) is 0 Å². The Morgan fingerprint density at radius 2 is 2.14 bits per heavy atom. The van der Waals surface area contributed by atoms with Crippen LogP contribution in [0, 0.1) is 0 Å². The number of H-pyrrole nitrogens is 1. The van der Waals surface area contributed by atoms with Crippen LogP contribution in [-0.2, 0) is 6.18 Å². The smallest absolute Gasteiger partial charge is 0.312 e.